The molecule has 2 heterocycles. The molecule has 0 N–H and O–H groups in total. The van der Waals surface area contributed by atoms with Crippen LogP contribution in [0.1, 0.15) is 21.5 Å². The first-order valence-electron chi connectivity index (χ1n) is 8.22. The Morgan fingerprint density at radius 2 is 1.85 bits per heavy atom. The second-order valence-electron chi connectivity index (χ2n) is 5.99. The number of hydrogen-bond donors (Lipinski definition) is 0. The van der Waals surface area contributed by atoms with Gasteiger partial charge >= 0.3 is 5.97 Å². The lowest BCUT2D eigenvalue weighted by Gasteiger charge is -2.01. The van der Waals surface area contributed by atoms with E-state index in [1.165, 1.54) is 18.4 Å². The van der Waals surface area contributed by atoms with Gasteiger partial charge in [-0.1, -0.05) is 47.7 Å². The molecule has 0 radical (unpaired) electrons. The van der Waals surface area contributed by atoms with E-state index in [1.807, 2.05) is 31.2 Å². The first-order valence-corrected chi connectivity index (χ1v) is 9.04. The lowest BCUT2D eigenvalue weighted by Crippen LogP contribution is -2.23. The lowest BCUT2D eigenvalue weighted by atomic mass is 10.1. The van der Waals surface area contributed by atoms with Crippen molar-refractivity contribution in [2.45, 2.75) is 6.92 Å². The van der Waals surface area contributed by atoms with Gasteiger partial charge in [-0.2, -0.15) is 0 Å². The molecule has 0 fully saturated rings. The number of fused-ring (bicyclic) bond motifs is 1. The lowest BCUT2D eigenvalue weighted by molar-refractivity contribution is 0.0600. The highest BCUT2D eigenvalue weighted by Crippen LogP contribution is 2.21. The number of aromatic nitrogens is 3. The molecule has 0 saturated heterocycles. The molecule has 27 heavy (non-hydrogen) atoms. The van der Waals surface area contributed by atoms with Crippen LogP contribution in [0.15, 0.2) is 53.3 Å². The van der Waals surface area contributed by atoms with Crippen molar-refractivity contribution in [1.82, 2.24) is 14.6 Å². The number of rotatable bonds is 3. The summed E-state index contributed by atoms with van der Waals surface area (Å²) >= 11 is 1.28. The van der Waals surface area contributed by atoms with Crippen molar-refractivity contribution < 1.29 is 9.53 Å². The SMILES string of the molecule is COC(=O)c1ccc(/C=c2/sc3nnc(-c4ccccc4C)n3c2=O)cc1. The minimum absolute atomic E-state index is 0.157. The van der Waals surface area contributed by atoms with Gasteiger partial charge in [0.05, 0.1) is 17.2 Å². The third-order valence-electron chi connectivity index (χ3n) is 4.26. The van der Waals surface area contributed by atoms with E-state index in [1.54, 1.807) is 34.7 Å². The van der Waals surface area contributed by atoms with Gasteiger partial charge in [-0.15, -0.1) is 10.2 Å². The summed E-state index contributed by atoms with van der Waals surface area (Å²) in [5, 5.41) is 8.35. The fourth-order valence-electron chi connectivity index (χ4n) is 2.85. The van der Waals surface area contributed by atoms with Gasteiger partial charge in [-0.05, 0) is 36.3 Å². The van der Waals surface area contributed by atoms with Crippen LogP contribution in [0.2, 0.25) is 0 Å². The van der Waals surface area contributed by atoms with E-state index in [2.05, 4.69) is 10.2 Å². The number of hydrogen-bond acceptors (Lipinski definition) is 6. The van der Waals surface area contributed by atoms with Crippen molar-refractivity contribution in [3.05, 3.63) is 80.1 Å². The van der Waals surface area contributed by atoms with E-state index in [9.17, 15) is 9.59 Å². The summed E-state index contributed by atoms with van der Waals surface area (Å²) in [6.07, 6.45) is 1.78. The molecule has 4 aromatic rings. The van der Waals surface area contributed by atoms with Crippen molar-refractivity contribution in [2.75, 3.05) is 7.11 Å². The van der Waals surface area contributed by atoms with Gasteiger partial charge in [0.2, 0.25) is 4.96 Å². The maximum Gasteiger partial charge on any atom is 0.337 e. The molecule has 7 heteroatoms. The Balaban J connectivity index is 1.81. The second kappa shape index (κ2) is 6.77. The average molecular weight is 377 g/mol. The zero-order chi connectivity index (χ0) is 19.0. The highest BCUT2D eigenvalue weighted by atomic mass is 32.1. The maximum absolute atomic E-state index is 12.9. The number of esters is 1. The van der Waals surface area contributed by atoms with E-state index in [4.69, 9.17) is 4.74 Å². The number of methoxy groups -OCH3 is 1. The van der Waals surface area contributed by atoms with Crippen molar-refractivity contribution in [1.29, 1.82) is 0 Å². The molecule has 0 aliphatic heterocycles. The summed E-state index contributed by atoms with van der Waals surface area (Å²) in [5.41, 5.74) is 3.03. The molecular formula is C20H15N3O3S. The zero-order valence-corrected chi connectivity index (χ0v) is 15.5. The normalized spacial score (nSPS) is 11.9. The van der Waals surface area contributed by atoms with Crippen LogP contribution >= 0.6 is 11.3 Å². The molecule has 0 atom stereocenters. The summed E-state index contributed by atoms with van der Waals surface area (Å²) in [5.74, 6) is 0.152. The molecule has 134 valence electrons. The van der Waals surface area contributed by atoms with Crippen molar-refractivity contribution in [3.8, 4) is 11.4 Å². The van der Waals surface area contributed by atoms with Gasteiger partial charge in [0.25, 0.3) is 5.56 Å². The van der Waals surface area contributed by atoms with Gasteiger partial charge < -0.3 is 4.74 Å². The Bertz CT molecular complexity index is 1260. The topological polar surface area (TPSA) is 73.6 Å². The molecule has 2 aromatic heterocycles. The quantitative estimate of drug-likeness (QED) is 0.513. The Hall–Kier alpha value is -3.32. The van der Waals surface area contributed by atoms with E-state index >= 15 is 0 Å². The van der Waals surface area contributed by atoms with E-state index in [-0.39, 0.29) is 5.56 Å². The minimum Gasteiger partial charge on any atom is -0.465 e. The molecule has 0 bridgehead atoms. The highest BCUT2D eigenvalue weighted by molar-refractivity contribution is 7.15. The fraction of sp³-hybridized carbons (Fsp3) is 0.100. The standard InChI is InChI=1S/C20H15N3O3S/c1-12-5-3-4-6-15(12)17-21-22-20-23(17)18(24)16(27-20)11-13-7-9-14(10-8-13)19(25)26-2/h3-11H,1-2H3/b16-11+. The molecule has 0 aliphatic carbocycles. The predicted octanol–water partition coefficient (Wildman–Crippen LogP) is 2.46. The minimum atomic E-state index is -0.394. The van der Waals surface area contributed by atoms with Crippen LogP contribution in [0.3, 0.4) is 0 Å². The third-order valence-corrected chi connectivity index (χ3v) is 5.22. The maximum atomic E-state index is 12.9. The Morgan fingerprint density at radius 1 is 1.11 bits per heavy atom. The van der Waals surface area contributed by atoms with Gasteiger partial charge in [0.15, 0.2) is 5.82 Å². The summed E-state index contributed by atoms with van der Waals surface area (Å²) in [4.78, 5) is 25.0. The van der Waals surface area contributed by atoms with E-state index in [0.717, 1.165) is 16.7 Å². The Morgan fingerprint density at radius 3 is 2.56 bits per heavy atom. The van der Waals surface area contributed by atoms with Gasteiger partial charge in [0, 0.05) is 5.56 Å². The summed E-state index contributed by atoms with van der Waals surface area (Å²) in [6.45, 7) is 1.98. The van der Waals surface area contributed by atoms with Crippen LogP contribution in [-0.2, 0) is 4.74 Å². The van der Waals surface area contributed by atoms with Crippen molar-refractivity contribution in [2.24, 2.45) is 0 Å². The molecule has 0 saturated carbocycles. The van der Waals surface area contributed by atoms with Crippen molar-refractivity contribution >= 4 is 28.3 Å². The number of carbonyl (C=O) groups excluding carboxylic acids is 1. The summed E-state index contributed by atoms with van der Waals surface area (Å²) < 4.78 is 6.79. The van der Waals surface area contributed by atoms with Crippen LogP contribution in [0.25, 0.3) is 22.4 Å². The van der Waals surface area contributed by atoms with Crippen molar-refractivity contribution in [3.63, 3.8) is 0 Å². The number of aryl methyl sites for hydroxylation is 1. The van der Waals surface area contributed by atoms with Crippen LogP contribution in [0, 0.1) is 6.92 Å². The molecule has 0 spiro atoms. The number of carbonyl (C=O) groups is 1. The fourth-order valence-corrected chi connectivity index (χ4v) is 3.76. The largest absolute Gasteiger partial charge is 0.465 e. The van der Waals surface area contributed by atoms with E-state index in [0.29, 0.717) is 20.9 Å². The first kappa shape index (κ1) is 17.1. The highest BCUT2D eigenvalue weighted by Gasteiger charge is 2.15. The van der Waals surface area contributed by atoms with Gasteiger partial charge in [-0.3, -0.25) is 4.79 Å². The zero-order valence-electron chi connectivity index (χ0n) is 14.7. The summed E-state index contributed by atoms with van der Waals surface area (Å²) in [7, 11) is 1.34. The van der Waals surface area contributed by atoms with Crippen LogP contribution in [0.5, 0.6) is 0 Å². The molecule has 0 aliphatic rings. The van der Waals surface area contributed by atoms with Gasteiger partial charge in [-0.25, -0.2) is 9.20 Å². The second-order valence-corrected chi connectivity index (χ2v) is 7.00. The predicted molar refractivity (Wildman–Crippen MR) is 104 cm³/mol. The smallest absolute Gasteiger partial charge is 0.337 e. The molecule has 2 aromatic carbocycles. The molecular weight excluding hydrogens is 362 g/mol. The first-order chi connectivity index (χ1) is 13.1. The van der Waals surface area contributed by atoms with Crippen LogP contribution in [-0.4, -0.2) is 27.7 Å². The Labute approximate surface area is 158 Å². The van der Waals surface area contributed by atoms with Gasteiger partial charge in [0.1, 0.15) is 0 Å². The Kier molecular flexibility index (Phi) is 4.29. The number of benzene rings is 2. The summed E-state index contributed by atoms with van der Waals surface area (Å²) in [6, 6.07) is 14.6. The molecule has 4 rings (SSSR count). The number of nitrogens with zero attached hydrogens (tertiary/aromatic N) is 3. The average Bonchev–Trinajstić information content (AvgIpc) is 3.23. The molecule has 0 amide bonds. The third kappa shape index (κ3) is 3.02. The van der Waals surface area contributed by atoms with Crippen LogP contribution < -0.4 is 10.1 Å². The monoisotopic (exact) mass is 377 g/mol. The molecule has 0 unspecified atom stereocenters. The number of thiazole rings is 1. The van der Waals surface area contributed by atoms with Crippen LogP contribution in [0.4, 0.5) is 0 Å². The van der Waals surface area contributed by atoms with E-state index < -0.39 is 5.97 Å². The number of ether oxygens (including phenoxy) is 1. The molecule has 6 nitrogen and oxygen atoms in total.